The third-order valence-corrected chi connectivity index (χ3v) is 7.58. The lowest BCUT2D eigenvalue weighted by atomic mass is 9.45. The Kier molecular flexibility index (Phi) is 5.24. The highest BCUT2D eigenvalue weighted by atomic mass is 16.7. The molecule has 2 fully saturated rings. The first-order valence-electron chi connectivity index (χ1n) is 10.5. The van der Waals surface area contributed by atoms with Crippen LogP contribution < -0.4 is 0 Å². The standard InChI is InChI=1S/C23H36B2O4/c1-16-12-14-18(15-13-16)23(11,25-28-21(7,8)22(9,10)29-25)17(2)24-26-19(3,4)20(5,6)27-24/h12-15H,2H2,1,3-11H3/t23-/m0/s1. The normalized spacial score (nSPS) is 26.4. The van der Waals surface area contributed by atoms with Crippen molar-refractivity contribution < 1.29 is 18.6 Å². The topological polar surface area (TPSA) is 36.9 Å². The molecule has 0 bridgehead atoms. The van der Waals surface area contributed by atoms with Crippen LogP contribution in [0.1, 0.15) is 73.4 Å². The van der Waals surface area contributed by atoms with Gasteiger partial charge in [-0.25, -0.2) is 0 Å². The van der Waals surface area contributed by atoms with E-state index in [1.165, 1.54) is 5.56 Å². The molecule has 158 valence electrons. The fraction of sp³-hybridized carbons (Fsp3) is 0.652. The first-order chi connectivity index (χ1) is 13.0. The van der Waals surface area contributed by atoms with Gasteiger partial charge in [-0.3, -0.25) is 0 Å². The van der Waals surface area contributed by atoms with Crippen LogP contribution in [-0.2, 0) is 23.9 Å². The Morgan fingerprint density at radius 2 is 1.14 bits per heavy atom. The minimum atomic E-state index is -0.653. The van der Waals surface area contributed by atoms with Crippen LogP contribution in [0.4, 0.5) is 0 Å². The van der Waals surface area contributed by atoms with Crippen LogP contribution in [-0.4, -0.2) is 36.6 Å². The van der Waals surface area contributed by atoms with Crippen molar-refractivity contribution in [3.8, 4) is 0 Å². The summed E-state index contributed by atoms with van der Waals surface area (Å²) in [6.07, 6.45) is 0. The highest BCUT2D eigenvalue weighted by molar-refractivity contribution is 6.62. The number of hydrogen-bond acceptors (Lipinski definition) is 4. The van der Waals surface area contributed by atoms with Gasteiger partial charge in [0.05, 0.1) is 22.4 Å². The van der Waals surface area contributed by atoms with Gasteiger partial charge in [-0.2, -0.15) is 0 Å². The number of rotatable bonds is 4. The van der Waals surface area contributed by atoms with E-state index in [4.69, 9.17) is 18.6 Å². The molecular weight excluding hydrogens is 362 g/mol. The predicted molar refractivity (Wildman–Crippen MR) is 120 cm³/mol. The van der Waals surface area contributed by atoms with E-state index in [1.54, 1.807) is 0 Å². The van der Waals surface area contributed by atoms with Gasteiger partial charge < -0.3 is 18.6 Å². The molecule has 2 saturated heterocycles. The Labute approximate surface area is 177 Å². The van der Waals surface area contributed by atoms with Crippen LogP contribution in [0.2, 0.25) is 0 Å². The average Bonchev–Trinajstić information content (AvgIpc) is 2.94. The monoisotopic (exact) mass is 398 g/mol. The zero-order valence-corrected chi connectivity index (χ0v) is 19.8. The third-order valence-electron chi connectivity index (χ3n) is 7.58. The van der Waals surface area contributed by atoms with Crippen molar-refractivity contribution in [1.29, 1.82) is 0 Å². The fourth-order valence-electron chi connectivity index (χ4n) is 3.68. The molecule has 6 heteroatoms. The van der Waals surface area contributed by atoms with Crippen molar-refractivity contribution in [3.63, 3.8) is 0 Å². The van der Waals surface area contributed by atoms with E-state index in [0.717, 1.165) is 11.0 Å². The van der Waals surface area contributed by atoms with Gasteiger partial charge in [0.1, 0.15) is 0 Å². The molecular formula is C23H36B2O4. The molecule has 0 radical (unpaired) electrons. The maximum atomic E-state index is 6.50. The first kappa shape index (κ1) is 22.6. The molecule has 3 rings (SSSR count). The smallest absolute Gasteiger partial charge is 0.402 e. The highest BCUT2D eigenvalue weighted by Gasteiger charge is 2.63. The Morgan fingerprint density at radius 3 is 1.55 bits per heavy atom. The van der Waals surface area contributed by atoms with Crippen LogP contribution in [0, 0.1) is 6.92 Å². The SMILES string of the molecule is C=C(B1OC(C)(C)C(C)(C)O1)[C@](C)(B1OC(C)(C)C(C)(C)O1)c1ccc(C)cc1. The number of benzene rings is 1. The molecule has 1 atom stereocenters. The predicted octanol–water partition coefficient (Wildman–Crippen LogP) is 5.07. The van der Waals surface area contributed by atoms with Crippen LogP contribution in [0.3, 0.4) is 0 Å². The van der Waals surface area contributed by atoms with E-state index in [0.29, 0.717) is 0 Å². The number of allylic oxidation sites excluding steroid dienone is 1. The average molecular weight is 398 g/mol. The Bertz CT molecular complexity index is 766. The summed E-state index contributed by atoms with van der Waals surface area (Å²) < 4.78 is 25.7. The van der Waals surface area contributed by atoms with E-state index >= 15 is 0 Å². The lowest BCUT2D eigenvalue weighted by molar-refractivity contribution is 0.00578. The van der Waals surface area contributed by atoms with Crippen molar-refractivity contribution in [2.24, 2.45) is 0 Å². The largest absolute Gasteiger partial charge is 0.490 e. The molecule has 1 aromatic carbocycles. The minimum absolute atomic E-state index is 0.440. The molecule has 29 heavy (non-hydrogen) atoms. The van der Waals surface area contributed by atoms with Gasteiger partial charge in [-0.05, 0) is 73.3 Å². The molecule has 1 aromatic rings. The van der Waals surface area contributed by atoms with E-state index in [1.807, 2.05) is 0 Å². The molecule has 0 amide bonds. The van der Waals surface area contributed by atoms with Gasteiger partial charge in [0.2, 0.25) is 0 Å². The van der Waals surface area contributed by atoms with E-state index in [2.05, 4.69) is 100 Å². The molecule has 2 aliphatic rings. The molecule has 0 aromatic heterocycles. The molecule has 0 unspecified atom stereocenters. The quantitative estimate of drug-likeness (QED) is 0.664. The van der Waals surface area contributed by atoms with Gasteiger partial charge in [-0.1, -0.05) is 36.8 Å². The maximum absolute atomic E-state index is 6.50. The summed E-state index contributed by atoms with van der Waals surface area (Å²) >= 11 is 0. The second-order valence-electron chi connectivity index (χ2n) is 10.8. The van der Waals surface area contributed by atoms with E-state index in [-0.39, 0.29) is 0 Å². The molecule has 2 aliphatic heterocycles. The highest BCUT2D eigenvalue weighted by Crippen LogP contribution is 2.48. The van der Waals surface area contributed by atoms with Crippen LogP contribution >= 0.6 is 0 Å². The summed E-state index contributed by atoms with van der Waals surface area (Å²) in [6.45, 7) is 25.2. The fourth-order valence-corrected chi connectivity index (χ4v) is 3.68. The molecule has 2 heterocycles. The van der Waals surface area contributed by atoms with Gasteiger partial charge in [0.25, 0.3) is 0 Å². The molecule has 0 saturated carbocycles. The number of hydrogen-bond donors (Lipinski definition) is 0. The zero-order chi connectivity index (χ0) is 22.0. The van der Waals surface area contributed by atoms with Crippen molar-refractivity contribution in [2.45, 2.75) is 97.0 Å². The van der Waals surface area contributed by atoms with E-state index < -0.39 is 42.0 Å². The summed E-state index contributed by atoms with van der Waals surface area (Å²) in [5.74, 6) is 0. The summed E-state index contributed by atoms with van der Waals surface area (Å²) in [4.78, 5) is 0. The second kappa shape index (κ2) is 6.71. The molecule has 4 nitrogen and oxygen atoms in total. The van der Waals surface area contributed by atoms with Crippen LogP contribution in [0.15, 0.2) is 36.3 Å². The Hall–Kier alpha value is -1.07. The summed E-state index contributed by atoms with van der Waals surface area (Å²) in [5.41, 5.74) is 1.31. The molecule has 0 aliphatic carbocycles. The third kappa shape index (κ3) is 3.52. The van der Waals surface area contributed by atoms with Gasteiger partial charge >= 0.3 is 14.2 Å². The van der Waals surface area contributed by atoms with Crippen molar-refractivity contribution in [3.05, 3.63) is 47.4 Å². The maximum Gasteiger partial charge on any atom is 0.490 e. The van der Waals surface area contributed by atoms with Gasteiger partial charge in [0, 0.05) is 5.31 Å². The van der Waals surface area contributed by atoms with E-state index in [9.17, 15) is 0 Å². The number of aryl methyl sites for hydroxylation is 1. The summed E-state index contributed by atoms with van der Waals surface area (Å²) in [5, 5.41) is -0.653. The summed E-state index contributed by atoms with van der Waals surface area (Å²) in [6, 6.07) is 8.46. The van der Waals surface area contributed by atoms with Gasteiger partial charge in [-0.15, -0.1) is 6.58 Å². The first-order valence-corrected chi connectivity index (χ1v) is 10.5. The minimum Gasteiger partial charge on any atom is -0.402 e. The Balaban J connectivity index is 2.05. The van der Waals surface area contributed by atoms with Crippen LogP contribution in [0.25, 0.3) is 0 Å². The second-order valence-corrected chi connectivity index (χ2v) is 10.8. The lowest BCUT2D eigenvalue weighted by Gasteiger charge is -2.35. The molecule has 0 N–H and O–H groups in total. The lowest BCUT2D eigenvalue weighted by Crippen LogP contribution is -2.49. The van der Waals surface area contributed by atoms with Crippen LogP contribution in [0.5, 0.6) is 0 Å². The zero-order valence-electron chi connectivity index (χ0n) is 19.8. The summed E-state index contributed by atoms with van der Waals surface area (Å²) in [7, 11) is -1.06. The van der Waals surface area contributed by atoms with Gasteiger partial charge in [0.15, 0.2) is 0 Å². The van der Waals surface area contributed by atoms with Crippen molar-refractivity contribution in [1.82, 2.24) is 0 Å². The molecule has 0 spiro atoms. The Morgan fingerprint density at radius 1 is 0.759 bits per heavy atom. The van der Waals surface area contributed by atoms with Crippen molar-refractivity contribution >= 4 is 14.2 Å². The van der Waals surface area contributed by atoms with Crippen molar-refractivity contribution in [2.75, 3.05) is 0 Å².